The van der Waals surface area contributed by atoms with Crippen molar-refractivity contribution in [1.82, 2.24) is 5.32 Å². The Morgan fingerprint density at radius 2 is 1.80 bits per heavy atom. The van der Waals surface area contributed by atoms with Gasteiger partial charge in [0.2, 0.25) is 0 Å². The summed E-state index contributed by atoms with van der Waals surface area (Å²) in [5, 5.41) is 2.81. The number of hydrogen-bond donors (Lipinski definition) is 2. The maximum atomic E-state index is 11.7. The number of benzene rings is 1. The minimum atomic E-state index is -0.477. The van der Waals surface area contributed by atoms with Crippen LogP contribution < -0.4 is 11.1 Å². The number of nitrogens with two attached hydrogens (primary N) is 1. The molecule has 0 spiro atoms. The minimum absolute atomic E-state index is 0.00303. The van der Waals surface area contributed by atoms with Gasteiger partial charge in [-0.3, -0.25) is 0 Å². The highest BCUT2D eigenvalue weighted by molar-refractivity contribution is 5.67. The van der Waals surface area contributed by atoms with Crippen molar-refractivity contribution in [2.75, 3.05) is 13.1 Å². The molecule has 142 valence electrons. The van der Waals surface area contributed by atoms with E-state index in [-0.39, 0.29) is 17.6 Å². The smallest absolute Gasteiger partial charge is 0.407 e. The van der Waals surface area contributed by atoms with Crippen LogP contribution >= 0.6 is 0 Å². The van der Waals surface area contributed by atoms with Gasteiger partial charge in [-0.1, -0.05) is 44.2 Å². The Balaban J connectivity index is 2.36. The first kappa shape index (κ1) is 21.5. The number of rotatable bonds is 9. The highest BCUT2D eigenvalue weighted by Gasteiger charge is 2.24. The fraction of sp³-hybridized carbons (Fsp3) is 0.650. The van der Waals surface area contributed by atoms with Crippen LogP contribution in [0, 0.1) is 5.41 Å². The zero-order valence-electron chi connectivity index (χ0n) is 16.3. The van der Waals surface area contributed by atoms with E-state index in [4.69, 9.17) is 15.2 Å². The van der Waals surface area contributed by atoms with E-state index in [1.165, 1.54) is 0 Å². The van der Waals surface area contributed by atoms with Crippen LogP contribution in [-0.2, 0) is 16.1 Å². The summed E-state index contributed by atoms with van der Waals surface area (Å²) in [4.78, 5) is 11.7. The highest BCUT2D eigenvalue weighted by atomic mass is 16.6. The lowest BCUT2D eigenvalue weighted by atomic mass is 9.83. The molecule has 0 aromatic heterocycles. The summed E-state index contributed by atoms with van der Waals surface area (Å²) >= 11 is 0. The fourth-order valence-electron chi connectivity index (χ4n) is 2.53. The molecule has 1 amide bonds. The van der Waals surface area contributed by atoms with E-state index >= 15 is 0 Å². The van der Waals surface area contributed by atoms with Crippen molar-refractivity contribution in [2.24, 2.45) is 11.1 Å². The van der Waals surface area contributed by atoms with E-state index in [0.717, 1.165) is 18.4 Å². The minimum Gasteiger partial charge on any atom is -0.444 e. The molecule has 0 radical (unpaired) electrons. The molecule has 0 unspecified atom stereocenters. The first-order chi connectivity index (χ1) is 11.6. The molecule has 0 saturated heterocycles. The lowest BCUT2D eigenvalue weighted by Crippen LogP contribution is -2.36. The predicted molar refractivity (Wildman–Crippen MR) is 101 cm³/mol. The lowest BCUT2D eigenvalue weighted by Gasteiger charge is -2.29. The molecule has 1 rings (SSSR count). The van der Waals surface area contributed by atoms with Gasteiger partial charge in [0.15, 0.2) is 0 Å². The topological polar surface area (TPSA) is 73.6 Å². The fourth-order valence-corrected chi connectivity index (χ4v) is 2.53. The van der Waals surface area contributed by atoms with Crippen molar-refractivity contribution >= 4 is 6.09 Å². The Kier molecular flexibility index (Phi) is 8.39. The van der Waals surface area contributed by atoms with Gasteiger partial charge in [-0.2, -0.15) is 0 Å². The third kappa shape index (κ3) is 10.1. The predicted octanol–water partition coefficient (Wildman–Crippen LogP) is 3.86. The Morgan fingerprint density at radius 1 is 1.16 bits per heavy atom. The first-order valence-corrected chi connectivity index (χ1v) is 8.94. The molecule has 3 N–H and O–H groups in total. The number of nitrogens with one attached hydrogen (secondary N) is 1. The average molecular weight is 351 g/mol. The maximum absolute atomic E-state index is 11.7. The quantitative estimate of drug-likeness (QED) is 0.709. The van der Waals surface area contributed by atoms with E-state index in [9.17, 15) is 4.79 Å². The molecule has 0 saturated carbocycles. The monoisotopic (exact) mass is 350 g/mol. The first-order valence-electron chi connectivity index (χ1n) is 8.94. The summed E-state index contributed by atoms with van der Waals surface area (Å²) in [6, 6.07) is 10.1. The second-order valence-corrected chi connectivity index (χ2v) is 8.20. The van der Waals surface area contributed by atoms with Crippen LogP contribution in [0.15, 0.2) is 30.3 Å². The summed E-state index contributed by atoms with van der Waals surface area (Å²) in [6.07, 6.45) is 1.29. The zero-order chi connectivity index (χ0) is 18.9. The van der Waals surface area contributed by atoms with Crippen molar-refractivity contribution in [1.29, 1.82) is 0 Å². The molecule has 1 atom stereocenters. The molecule has 1 aromatic carbocycles. The summed E-state index contributed by atoms with van der Waals surface area (Å²) in [6.45, 7) is 11.5. The summed E-state index contributed by atoms with van der Waals surface area (Å²) in [5.41, 5.74) is 6.55. The van der Waals surface area contributed by atoms with E-state index < -0.39 is 5.60 Å². The van der Waals surface area contributed by atoms with Gasteiger partial charge in [0, 0.05) is 13.1 Å². The second kappa shape index (κ2) is 9.78. The standard InChI is InChI=1S/C20H34N2O3/c1-19(2,3)25-18(23)22-12-11-20(4,5)13-17(14-21)24-15-16-9-7-6-8-10-16/h6-10,17H,11-15,21H2,1-5H3,(H,22,23)/t17-/m0/s1. The largest absolute Gasteiger partial charge is 0.444 e. The van der Waals surface area contributed by atoms with E-state index in [0.29, 0.717) is 19.7 Å². The number of carbonyl (C=O) groups excluding carboxylic acids is 1. The number of amides is 1. The molecular formula is C20H34N2O3. The summed E-state index contributed by atoms with van der Waals surface area (Å²) in [5.74, 6) is 0. The van der Waals surface area contributed by atoms with Crippen LogP contribution in [-0.4, -0.2) is 30.9 Å². The average Bonchev–Trinajstić information content (AvgIpc) is 2.50. The van der Waals surface area contributed by atoms with Gasteiger partial charge in [0.05, 0.1) is 12.7 Å². The van der Waals surface area contributed by atoms with Crippen molar-refractivity contribution in [3.05, 3.63) is 35.9 Å². The Morgan fingerprint density at radius 3 is 2.36 bits per heavy atom. The molecular weight excluding hydrogens is 316 g/mol. The van der Waals surface area contributed by atoms with Gasteiger partial charge < -0.3 is 20.5 Å². The van der Waals surface area contributed by atoms with Gasteiger partial charge in [-0.25, -0.2) is 4.79 Å². The Bertz CT molecular complexity index is 509. The highest BCUT2D eigenvalue weighted by Crippen LogP contribution is 2.27. The summed E-state index contributed by atoms with van der Waals surface area (Å²) in [7, 11) is 0. The van der Waals surface area contributed by atoms with Crippen LogP contribution in [0.1, 0.15) is 53.0 Å². The van der Waals surface area contributed by atoms with Crippen molar-refractivity contribution in [3.8, 4) is 0 Å². The molecule has 0 bridgehead atoms. The molecule has 0 fully saturated rings. The third-order valence-corrected chi connectivity index (χ3v) is 3.84. The molecule has 0 aliphatic rings. The molecule has 0 heterocycles. The lowest BCUT2D eigenvalue weighted by molar-refractivity contribution is 0.0152. The zero-order valence-corrected chi connectivity index (χ0v) is 16.3. The summed E-state index contributed by atoms with van der Waals surface area (Å²) < 4.78 is 11.2. The van der Waals surface area contributed by atoms with Gasteiger partial charge >= 0.3 is 6.09 Å². The molecule has 5 nitrogen and oxygen atoms in total. The Labute approximate surface area is 152 Å². The van der Waals surface area contributed by atoms with Crippen molar-refractivity contribution in [3.63, 3.8) is 0 Å². The van der Waals surface area contributed by atoms with Gasteiger partial charge in [0.1, 0.15) is 5.60 Å². The number of carbonyl (C=O) groups is 1. The van der Waals surface area contributed by atoms with Gasteiger partial charge in [-0.05, 0) is 44.6 Å². The van der Waals surface area contributed by atoms with Crippen LogP contribution in [0.2, 0.25) is 0 Å². The number of ether oxygens (including phenoxy) is 2. The number of hydrogen-bond acceptors (Lipinski definition) is 4. The van der Waals surface area contributed by atoms with Gasteiger partial charge in [-0.15, -0.1) is 0 Å². The second-order valence-electron chi connectivity index (χ2n) is 8.20. The van der Waals surface area contributed by atoms with Crippen LogP contribution in [0.5, 0.6) is 0 Å². The Hall–Kier alpha value is -1.59. The molecule has 0 aliphatic heterocycles. The third-order valence-electron chi connectivity index (χ3n) is 3.84. The number of alkyl carbamates (subject to hydrolysis) is 1. The van der Waals surface area contributed by atoms with Crippen LogP contribution in [0.4, 0.5) is 4.79 Å². The molecule has 5 heteroatoms. The van der Waals surface area contributed by atoms with Crippen LogP contribution in [0.3, 0.4) is 0 Å². The SMILES string of the molecule is CC(C)(CCNC(=O)OC(C)(C)C)C[C@@H](CN)OCc1ccccc1. The molecule has 25 heavy (non-hydrogen) atoms. The van der Waals surface area contributed by atoms with Crippen molar-refractivity contribution in [2.45, 2.75) is 65.8 Å². The van der Waals surface area contributed by atoms with E-state index in [1.54, 1.807) is 0 Å². The van der Waals surface area contributed by atoms with Crippen LogP contribution in [0.25, 0.3) is 0 Å². The normalized spacial score (nSPS) is 13.4. The van der Waals surface area contributed by atoms with Crippen molar-refractivity contribution < 1.29 is 14.3 Å². The van der Waals surface area contributed by atoms with E-state index in [2.05, 4.69) is 19.2 Å². The molecule has 1 aromatic rings. The maximum Gasteiger partial charge on any atom is 0.407 e. The molecule has 0 aliphatic carbocycles. The van der Waals surface area contributed by atoms with Gasteiger partial charge in [0.25, 0.3) is 0 Å². The van der Waals surface area contributed by atoms with E-state index in [1.807, 2.05) is 51.1 Å².